The molecule has 162 valence electrons. The highest BCUT2D eigenvalue weighted by molar-refractivity contribution is 6.31. The van der Waals surface area contributed by atoms with Gasteiger partial charge in [-0.3, -0.25) is 19.1 Å². The van der Waals surface area contributed by atoms with Crippen molar-refractivity contribution in [2.75, 3.05) is 19.6 Å². The van der Waals surface area contributed by atoms with Crippen molar-refractivity contribution in [1.82, 2.24) is 19.4 Å². The van der Waals surface area contributed by atoms with Crippen molar-refractivity contribution in [3.63, 3.8) is 0 Å². The van der Waals surface area contributed by atoms with Gasteiger partial charge in [0.05, 0.1) is 16.9 Å². The molecule has 0 bridgehead atoms. The Morgan fingerprint density at radius 1 is 1.27 bits per heavy atom. The average molecular weight is 431 g/mol. The van der Waals surface area contributed by atoms with Gasteiger partial charge in [-0.25, -0.2) is 4.98 Å². The number of nitrogens with zero attached hydrogens (tertiary/aromatic N) is 4. The third kappa shape index (κ3) is 3.87. The normalized spacial score (nSPS) is 22.0. The maximum atomic E-state index is 13.1. The Morgan fingerprint density at radius 3 is 2.67 bits per heavy atom. The number of benzene rings is 1. The molecule has 0 spiro atoms. The van der Waals surface area contributed by atoms with Crippen LogP contribution in [0.4, 0.5) is 0 Å². The van der Waals surface area contributed by atoms with Crippen LogP contribution in [-0.4, -0.2) is 50.9 Å². The third-order valence-electron chi connectivity index (χ3n) is 6.83. The fourth-order valence-corrected chi connectivity index (χ4v) is 5.24. The Kier molecular flexibility index (Phi) is 6.16. The number of piperazine rings is 1. The lowest BCUT2D eigenvalue weighted by Crippen LogP contribution is -2.55. The first-order chi connectivity index (χ1) is 14.4. The predicted molar refractivity (Wildman–Crippen MR) is 120 cm³/mol. The first-order valence-corrected chi connectivity index (χ1v) is 11.5. The van der Waals surface area contributed by atoms with Gasteiger partial charge in [0.25, 0.3) is 5.56 Å². The van der Waals surface area contributed by atoms with E-state index in [1.54, 1.807) is 16.7 Å². The van der Waals surface area contributed by atoms with Gasteiger partial charge in [0.2, 0.25) is 5.91 Å². The molecular formula is C23H31ClN4O2. The van der Waals surface area contributed by atoms with Crippen LogP contribution in [0.5, 0.6) is 0 Å². The molecule has 1 saturated heterocycles. The van der Waals surface area contributed by atoms with Crippen molar-refractivity contribution in [2.24, 2.45) is 5.92 Å². The molecule has 7 heteroatoms. The van der Waals surface area contributed by atoms with Gasteiger partial charge in [-0.05, 0) is 51.8 Å². The molecule has 1 aromatic heterocycles. The van der Waals surface area contributed by atoms with Crippen LogP contribution in [-0.2, 0) is 11.3 Å². The van der Waals surface area contributed by atoms with Gasteiger partial charge >= 0.3 is 0 Å². The van der Waals surface area contributed by atoms with Crippen LogP contribution in [0.3, 0.4) is 0 Å². The third-order valence-corrected chi connectivity index (χ3v) is 7.06. The van der Waals surface area contributed by atoms with Crippen molar-refractivity contribution in [3.8, 4) is 0 Å². The highest BCUT2D eigenvalue weighted by Gasteiger charge is 2.35. The van der Waals surface area contributed by atoms with Crippen LogP contribution in [0.2, 0.25) is 5.02 Å². The first-order valence-electron chi connectivity index (χ1n) is 11.1. The summed E-state index contributed by atoms with van der Waals surface area (Å²) in [6.45, 7) is 9.09. The molecule has 2 unspecified atom stereocenters. The maximum Gasteiger partial charge on any atom is 0.261 e. The number of halogens is 1. The number of carbonyl (C=O) groups is 1. The monoisotopic (exact) mass is 430 g/mol. The molecule has 1 aliphatic heterocycles. The van der Waals surface area contributed by atoms with Gasteiger partial charge in [-0.2, -0.15) is 0 Å². The smallest absolute Gasteiger partial charge is 0.261 e. The summed E-state index contributed by atoms with van der Waals surface area (Å²) in [6.07, 6.45) is 4.43. The maximum absolute atomic E-state index is 13.1. The Bertz CT molecular complexity index is 999. The fourth-order valence-electron chi connectivity index (χ4n) is 5.07. The van der Waals surface area contributed by atoms with E-state index < -0.39 is 0 Å². The standard InChI is InChI=1S/C23H31ClN4O2/c1-4-27-21(25-20-10-9-18(24)13-19(20)23(27)30)16(3)26-11-12-28(15(2)14-26)22(29)17-7-5-6-8-17/h9-10,13,15-17H,4-8,11-12,14H2,1-3H3. The number of carbonyl (C=O) groups excluding carboxylic acids is 1. The lowest BCUT2D eigenvalue weighted by molar-refractivity contribution is -0.140. The van der Waals surface area contributed by atoms with E-state index in [4.69, 9.17) is 16.6 Å². The Balaban J connectivity index is 1.57. The summed E-state index contributed by atoms with van der Waals surface area (Å²) in [6, 6.07) is 5.44. The summed E-state index contributed by atoms with van der Waals surface area (Å²) < 4.78 is 1.75. The summed E-state index contributed by atoms with van der Waals surface area (Å²) >= 11 is 6.10. The zero-order valence-corrected chi connectivity index (χ0v) is 18.9. The van der Waals surface area contributed by atoms with Gasteiger partial charge < -0.3 is 4.90 Å². The van der Waals surface area contributed by atoms with E-state index in [1.807, 2.05) is 13.0 Å². The highest BCUT2D eigenvalue weighted by Crippen LogP contribution is 2.29. The number of hydrogen-bond acceptors (Lipinski definition) is 4. The number of aromatic nitrogens is 2. The van der Waals surface area contributed by atoms with Gasteiger partial charge in [0.1, 0.15) is 5.82 Å². The molecule has 30 heavy (non-hydrogen) atoms. The SMILES string of the molecule is CCn1c(C(C)N2CCN(C(=O)C3CCCC3)C(C)C2)nc2ccc(Cl)cc2c1=O. The van der Waals surface area contributed by atoms with Crippen LogP contribution >= 0.6 is 11.6 Å². The lowest BCUT2D eigenvalue weighted by Gasteiger charge is -2.43. The topological polar surface area (TPSA) is 58.4 Å². The number of rotatable bonds is 4. The van der Waals surface area contributed by atoms with Crippen molar-refractivity contribution >= 4 is 28.4 Å². The van der Waals surface area contributed by atoms with Gasteiger partial charge in [0.15, 0.2) is 0 Å². The zero-order valence-electron chi connectivity index (χ0n) is 18.1. The predicted octanol–water partition coefficient (Wildman–Crippen LogP) is 3.85. The molecule has 2 atom stereocenters. The Hall–Kier alpha value is -1.92. The molecule has 0 radical (unpaired) electrons. The number of hydrogen-bond donors (Lipinski definition) is 0. The minimum atomic E-state index is -0.0463. The molecule has 2 aliphatic rings. The second-order valence-corrected chi connectivity index (χ2v) is 9.15. The first kappa shape index (κ1) is 21.3. The second kappa shape index (κ2) is 8.67. The van der Waals surface area contributed by atoms with Crippen molar-refractivity contribution < 1.29 is 4.79 Å². The summed E-state index contributed by atoms with van der Waals surface area (Å²) in [5.74, 6) is 1.33. The van der Waals surface area contributed by atoms with Gasteiger partial charge in [0, 0.05) is 43.2 Å². The second-order valence-electron chi connectivity index (χ2n) is 8.71. The summed E-state index contributed by atoms with van der Waals surface area (Å²) in [5.41, 5.74) is 0.633. The molecule has 0 N–H and O–H groups in total. The van der Waals surface area contributed by atoms with E-state index in [2.05, 4.69) is 23.6 Å². The highest BCUT2D eigenvalue weighted by atomic mass is 35.5. The van der Waals surface area contributed by atoms with Crippen LogP contribution in [0.15, 0.2) is 23.0 Å². The molecule has 2 aromatic rings. The molecule has 1 aliphatic carbocycles. The molecule has 1 saturated carbocycles. The van der Waals surface area contributed by atoms with Crippen molar-refractivity contribution in [3.05, 3.63) is 39.4 Å². The molecule has 4 rings (SSSR count). The molecule has 2 fully saturated rings. The largest absolute Gasteiger partial charge is 0.337 e. The van der Waals surface area contributed by atoms with E-state index in [9.17, 15) is 9.59 Å². The summed E-state index contributed by atoms with van der Waals surface area (Å²) in [5, 5.41) is 1.10. The summed E-state index contributed by atoms with van der Waals surface area (Å²) in [4.78, 5) is 35.2. The molecule has 6 nitrogen and oxygen atoms in total. The fraction of sp³-hybridized carbons (Fsp3) is 0.609. The van der Waals surface area contributed by atoms with Crippen LogP contribution in [0.25, 0.3) is 10.9 Å². The van der Waals surface area contributed by atoms with E-state index in [1.165, 1.54) is 12.8 Å². The summed E-state index contributed by atoms with van der Waals surface area (Å²) in [7, 11) is 0. The Morgan fingerprint density at radius 2 is 2.00 bits per heavy atom. The van der Waals surface area contributed by atoms with E-state index in [0.29, 0.717) is 28.4 Å². The van der Waals surface area contributed by atoms with Gasteiger partial charge in [-0.15, -0.1) is 0 Å². The van der Waals surface area contributed by atoms with E-state index in [0.717, 1.165) is 38.3 Å². The quantitative estimate of drug-likeness (QED) is 0.739. The number of fused-ring (bicyclic) bond motifs is 1. The van der Waals surface area contributed by atoms with Crippen LogP contribution in [0, 0.1) is 5.92 Å². The molecular weight excluding hydrogens is 400 g/mol. The lowest BCUT2D eigenvalue weighted by atomic mass is 10.0. The van der Waals surface area contributed by atoms with E-state index in [-0.39, 0.29) is 23.6 Å². The van der Waals surface area contributed by atoms with E-state index >= 15 is 0 Å². The van der Waals surface area contributed by atoms with Crippen molar-refractivity contribution in [1.29, 1.82) is 0 Å². The Labute approximate surface area is 182 Å². The minimum absolute atomic E-state index is 0.0103. The molecule has 1 aromatic carbocycles. The average Bonchev–Trinajstić information content (AvgIpc) is 3.28. The van der Waals surface area contributed by atoms with Crippen LogP contribution < -0.4 is 5.56 Å². The van der Waals surface area contributed by atoms with Crippen LogP contribution in [0.1, 0.15) is 58.3 Å². The van der Waals surface area contributed by atoms with Gasteiger partial charge in [-0.1, -0.05) is 24.4 Å². The van der Waals surface area contributed by atoms with Crippen molar-refractivity contribution in [2.45, 2.75) is 65.1 Å². The minimum Gasteiger partial charge on any atom is -0.337 e. The zero-order chi connectivity index (χ0) is 21.4. The molecule has 2 heterocycles. The molecule has 1 amide bonds. The number of amides is 1.